The number of aromatic nitrogens is 5. The van der Waals surface area contributed by atoms with E-state index in [2.05, 4.69) is 25.0 Å². The molecule has 14 heteroatoms. The number of hydrogen-bond donors (Lipinski definition) is 1. The van der Waals surface area contributed by atoms with Gasteiger partial charge in [0.05, 0.1) is 25.0 Å². The molecule has 1 aliphatic heterocycles. The lowest BCUT2D eigenvalue weighted by molar-refractivity contribution is -0.191. The molecule has 1 aliphatic rings. The molecule has 1 amide bonds. The number of anilines is 2. The van der Waals surface area contributed by atoms with E-state index in [0.717, 1.165) is 11.1 Å². The van der Waals surface area contributed by atoms with Crippen molar-refractivity contribution in [3.8, 4) is 22.9 Å². The van der Waals surface area contributed by atoms with Crippen LogP contribution in [0.2, 0.25) is 0 Å². The topological polar surface area (TPSA) is 125 Å². The second-order valence-corrected chi connectivity index (χ2v) is 7.54. The van der Waals surface area contributed by atoms with Crippen LogP contribution in [-0.4, -0.2) is 49.8 Å². The van der Waals surface area contributed by atoms with E-state index in [0.29, 0.717) is 17.0 Å². The molecule has 1 fully saturated rings. The molecule has 1 aromatic carbocycles. The van der Waals surface area contributed by atoms with Crippen molar-refractivity contribution in [1.82, 2.24) is 24.9 Å². The van der Waals surface area contributed by atoms with Gasteiger partial charge in [-0.05, 0) is 12.1 Å². The zero-order chi connectivity index (χ0) is 24.7. The van der Waals surface area contributed by atoms with Gasteiger partial charge in [0.1, 0.15) is 29.2 Å². The van der Waals surface area contributed by atoms with Crippen molar-refractivity contribution in [2.45, 2.75) is 18.8 Å². The number of carbonyl (C=O) groups is 1. The number of nitrogens with zero attached hydrogens (tertiary/aromatic N) is 6. The lowest BCUT2D eigenvalue weighted by Gasteiger charge is -2.15. The number of benzene rings is 1. The maximum absolute atomic E-state index is 14.2. The first-order chi connectivity index (χ1) is 16.7. The molecule has 0 spiro atoms. The third-order valence-corrected chi connectivity index (χ3v) is 5.25. The Kier molecular flexibility index (Phi) is 5.34. The molecule has 1 unspecified atom stereocenters. The minimum absolute atomic E-state index is 0.0308. The van der Waals surface area contributed by atoms with E-state index < -0.39 is 30.7 Å². The van der Waals surface area contributed by atoms with E-state index >= 15 is 0 Å². The molecule has 1 saturated heterocycles. The van der Waals surface area contributed by atoms with E-state index in [1.165, 1.54) is 17.0 Å². The lowest BCUT2D eigenvalue weighted by Crippen LogP contribution is -2.33. The summed E-state index contributed by atoms with van der Waals surface area (Å²) >= 11 is 0. The summed E-state index contributed by atoms with van der Waals surface area (Å²) in [6.07, 6.45) is -5.74. The number of hydrogen-bond acceptors (Lipinski definition) is 8. The van der Waals surface area contributed by atoms with Crippen LogP contribution in [0.25, 0.3) is 22.9 Å². The molecule has 4 heterocycles. The van der Waals surface area contributed by atoms with Crippen LogP contribution in [0.15, 0.2) is 53.4 Å². The molecule has 0 bridgehead atoms. The first kappa shape index (κ1) is 22.3. The molecule has 1 atom stereocenters. The normalized spacial score (nSPS) is 16.1. The largest absolute Gasteiger partial charge is 0.434 e. The fourth-order valence-electron chi connectivity index (χ4n) is 3.54. The molecule has 5 rings (SSSR count). The van der Waals surface area contributed by atoms with E-state index in [4.69, 9.17) is 10.3 Å². The Labute approximate surface area is 193 Å². The van der Waals surface area contributed by atoms with E-state index in [1.54, 1.807) is 30.3 Å². The number of nitrogens with two attached hydrogens (primary N) is 1. The van der Waals surface area contributed by atoms with Crippen molar-refractivity contribution in [1.29, 1.82) is 0 Å². The van der Waals surface area contributed by atoms with Crippen molar-refractivity contribution in [3.05, 3.63) is 60.2 Å². The first-order valence-corrected chi connectivity index (χ1v) is 10.1. The molecule has 0 radical (unpaired) electrons. The van der Waals surface area contributed by atoms with Crippen LogP contribution in [-0.2, 0) is 11.3 Å². The number of carbonyl (C=O) groups excluding carboxylic acids is 1. The number of cyclic esters (lactones) is 1. The summed E-state index contributed by atoms with van der Waals surface area (Å²) in [6, 6.07) is 9.36. The summed E-state index contributed by atoms with van der Waals surface area (Å²) in [6.45, 7) is -0.719. The van der Waals surface area contributed by atoms with Gasteiger partial charge < -0.3 is 15.0 Å². The number of halogens is 4. The van der Waals surface area contributed by atoms with Crippen LogP contribution in [0.4, 0.5) is 33.9 Å². The van der Waals surface area contributed by atoms with Crippen LogP contribution in [0.5, 0.6) is 0 Å². The maximum atomic E-state index is 14.2. The molecule has 0 aliphatic carbocycles. The molecule has 180 valence electrons. The molecule has 35 heavy (non-hydrogen) atoms. The Bertz CT molecular complexity index is 1390. The van der Waals surface area contributed by atoms with Gasteiger partial charge in [0.25, 0.3) is 0 Å². The average molecular weight is 489 g/mol. The molecule has 10 nitrogen and oxygen atoms in total. The highest BCUT2D eigenvalue weighted by molar-refractivity contribution is 5.92. The average Bonchev–Trinajstić information content (AvgIpc) is 3.55. The zero-order valence-corrected chi connectivity index (χ0v) is 17.6. The number of ether oxygens (including phenoxy) is 1. The second-order valence-electron chi connectivity index (χ2n) is 7.54. The number of rotatable bonds is 5. The van der Waals surface area contributed by atoms with Crippen LogP contribution in [0.3, 0.4) is 0 Å². The van der Waals surface area contributed by atoms with Gasteiger partial charge in [-0.15, -0.1) is 0 Å². The smallest absolute Gasteiger partial charge is 0.427 e. The minimum Gasteiger partial charge on any atom is -0.434 e. The van der Waals surface area contributed by atoms with Gasteiger partial charge in [-0.3, -0.25) is 9.58 Å². The van der Waals surface area contributed by atoms with Crippen molar-refractivity contribution < 1.29 is 31.6 Å². The number of alkyl halides is 3. The summed E-state index contributed by atoms with van der Waals surface area (Å²) < 4.78 is 63.8. The Morgan fingerprint density at radius 2 is 1.97 bits per heavy atom. The molecule has 2 N–H and O–H groups in total. The van der Waals surface area contributed by atoms with E-state index in [1.807, 2.05) is 0 Å². The molecule has 3 aromatic heterocycles. The summed E-state index contributed by atoms with van der Waals surface area (Å²) in [7, 11) is 0. The van der Waals surface area contributed by atoms with Gasteiger partial charge in [0.15, 0.2) is 11.6 Å². The van der Waals surface area contributed by atoms with Crippen molar-refractivity contribution in [2.24, 2.45) is 0 Å². The minimum atomic E-state index is -4.72. The third-order valence-electron chi connectivity index (χ3n) is 5.25. The zero-order valence-electron chi connectivity index (χ0n) is 17.6. The molecule has 4 aromatic rings. The van der Waals surface area contributed by atoms with Gasteiger partial charge >= 0.3 is 12.3 Å². The Morgan fingerprint density at radius 3 is 2.63 bits per heavy atom. The van der Waals surface area contributed by atoms with Crippen molar-refractivity contribution in [3.63, 3.8) is 0 Å². The van der Waals surface area contributed by atoms with Crippen LogP contribution in [0.1, 0.15) is 5.56 Å². The highest BCUT2D eigenvalue weighted by Crippen LogP contribution is 2.33. The predicted molar refractivity (Wildman–Crippen MR) is 112 cm³/mol. The highest BCUT2D eigenvalue weighted by atomic mass is 19.4. The fraction of sp³-hybridized carbons (Fsp3) is 0.190. The Morgan fingerprint density at radius 1 is 1.17 bits per heavy atom. The van der Waals surface area contributed by atoms with Gasteiger partial charge in [0, 0.05) is 11.6 Å². The van der Waals surface area contributed by atoms with Crippen molar-refractivity contribution in [2.75, 3.05) is 17.2 Å². The molecule has 0 saturated carbocycles. The number of nitrogen functional groups attached to an aromatic ring is 1. The Balaban J connectivity index is 1.48. The number of amides is 1. The van der Waals surface area contributed by atoms with Gasteiger partial charge in [0.2, 0.25) is 6.10 Å². The molecular formula is C21H15F4N7O3. The first-order valence-electron chi connectivity index (χ1n) is 10.1. The highest BCUT2D eigenvalue weighted by Gasteiger charge is 2.50. The summed E-state index contributed by atoms with van der Waals surface area (Å²) in [5.74, 6) is -0.639. The van der Waals surface area contributed by atoms with Gasteiger partial charge in [-0.25, -0.2) is 19.2 Å². The van der Waals surface area contributed by atoms with Crippen molar-refractivity contribution >= 4 is 17.6 Å². The standard InChI is InChI=1S/C21H15F4N7O3/c22-12-4-2-1-3-11(12)9-32-15(13-5-6-34-30-13)7-14(29-32)19-27-8-16(18(26)28-19)31-10-17(21(23,24)25)35-20(31)33/h1-8,17H,9-10H2,(H2,26,27,28). The van der Waals surface area contributed by atoms with Crippen LogP contribution < -0.4 is 10.6 Å². The predicted octanol–water partition coefficient (Wildman–Crippen LogP) is 3.65. The summed E-state index contributed by atoms with van der Waals surface area (Å²) in [4.78, 5) is 20.9. The fourth-order valence-corrected chi connectivity index (χ4v) is 3.54. The van der Waals surface area contributed by atoms with Gasteiger partial charge in [-0.1, -0.05) is 23.4 Å². The van der Waals surface area contributed by atoms with E-state index in [-0.39, 0.29) is 29.6 Å². The quantitative estimate of drug-likeness (QED) is 0.421. The monoisotopic (exact) mass is 489 g/mol. The Hall–Kier alpha value is -4.49. The van der Waals surface area contributed by atoms with Crippen LogP contribution >= 0.6 is 0 Å². The SMILES string of the molecule is Nc1nc(-c2cc(-c3ccon3)n(Cc3ccccc3F)n2)ncc1N1CC(C(F)(F)F)OC1=O. The summed E-state index contributed by atoms with van der Waals surface area (Å²) in [5.41, 5.74) is 7.31. The molecular weight excluding hydrogens is 474 g/mol. The third kappa shape index (κ3) is 4.25. The lowest BCUT2D eigenvalue weighted by atomic mass is 10.2. The second kappa shape index (κ2) is 8.38. The maximum Gasteiger partial charge on any atom is 0.427 e. The van der Waals surface area contributed by atoms with Crippen LogP contribution in [0, 0.1) is 5.82 Å². The van der Waals surface area contributed by atoms with E-state index in [9.17, 15) is 22.4 Å². The van der Waals surface area contributed by atoms with Gasteiger partial charge in [-0.2, -0.15) is 18.3 Å². The summed E-state index contributed by atoms with van der Waals surface area (Å²) in [5, 5.41) is 8.33.